The highest BCUT2D eigenvalue weighted by Crippen LogP contribution is 2.25. The summed E-state index contributed by atoms with van der Waals surface area (Å²) in [6, 6.07) is 4.68. The van der Waals surface area contributed by atoms with Crippen LogP contribution >= 0.6 is 0 Å². The Balaban J connectivity index is 2.95. The van der Waals surface area contributed by atoms with E-state index in [0.29, 0.717) is 5.75 Å². The van der Waals surface area contributed by atoms with E-state index in [0.717, 1.165) is 0 Å². The van der Waals surface area contributed by atoms with E-state index in [1.165, 1.54) is 31.3 Å². The number of rotatable bonds is 5. The zero-order valence-electron chi connectivity index (χ0n) is 11.4. The maximum atomic E-state index is 11.6. The third kappa shape index (κ3) is 3.87. The number of nitrogens with zero attached hydrogens (tertiary/aromatic N) is 1. The average molecular weight is 267 g/mol. The second-order valence-electron chi connectivity index (χ2n) is 3.93. The van der Waals surface area contributed by atoms with Crippen LogP contribution in [0.2, 0.25) is 0 Å². The van der Waals surface area contributed by atoms with Gasteiger partial charge in [-0.3, -0.25) is 4.79 Å². The van der Waals surface area contributed by atoms with Gasteiger partial charge in [0.2, 0.25) is 0 Å². The molecule has 0 saturated carbocycles. The van der Waals surface area contributed by atoms with E-state index < -0.39 is 5.97 Å². The fourth-order valence-corrected chi connectivity index (χ4v) is 1.30. The van der Waals surface area contributed by atoms with E-state index in [2.05, 4.69) is 4.74 Å². The number of likely N-dealkylation sites (N-methyl/N-ethyl adjacent to an activating group) is 1. The number of methoxy groups -OCH3 is 2. The van der Waals surface area contributed by atoms with Crippen LogP contribution in [-0.2, 0) is 9.53 Å². The summed E-state index contributed by atoms with van der Waals surface area (Å²) in [7, 11) is 6.03. The molecule has 0 saturated heterocycles. The van der Waals surface area contributed by atoms with Crippen molar-refractivity contribution in [3.05, 3.63) is 23.8 Å². The van der Waals surface area contributed by atoms with Crippen molar-refractivity contribution in [1.29, 1.82) is 0 Å². The number of hydrogen-bond donors (Lipinski definition) is 0. The summed E-state index contributed by atoms with van der Waals surface area (Å²) in [5, 5.41) is 0. The Kier molecular flexibility index (Phi) is 5.17. The summed E-state index contributed by atoms with van der Waals surface area (Å²) >= 11 is 0. The van der Waals surface area contributed by atoms with Gasteiger partial charge in [-0.15, -0.1) is 0 Å². The monoisotopic (exact) mass is 267 g/mol. The fourth-order valence-electron chi connectivity index (χ4n) is 1.30. The highest BCUT2D eigenvalue weighted by atomic mass is 16.5. The zero-order valence-corrected chi connectivity index (χ0v) is 11.4. The lowest BCUT2D eigenvalue weighted by atomic mass is 10.2. The molecule has 6 nitrogen and oxygen atoms in total. The minimum Gasteiger partial charge on any atom is -0.497 e. The average Bonchev–Trinajstić information content (AvgIpc) is 2.43. The first-order chi connectivity index (χ1) is 8.99. The van der Waals surface area contributed by atoms with Gasteiger partial charge in [0.15, 0.2) is 6.61 Å². The summed E-state index contributed by atoms with van der Waals surface area (Å²) in [4.78, 5) is 24.4. The van der Waals surface area contributed by atoms with Crippen molar-refractivity contribution in [2.24, 2.45) is 0 Å². The molecule has 0 heterocycles. The molecule has 0 fully saturated rings. The van der Waals surface area contributed by atoms with Crippen LogP contribution in [0.5, 0.6) is 11.5 Å². The number of carbonyl (C=O) groups excluding carboxylic acids is 2. The van der Waals surface area contributed by atoms with Gasteiger partial charge in [0.1, 0.15) is 17.1 Å². The van der Waals surface area contributed by atoms with Gasteiger partial charge in [0.25, 0.3) is 5.91 Å². The highest BCUT2D eigenvalue weighted by Gasteiger charge is 2.15. The van der Waals surface area contributed by atoms with Crippen LogP contribution in [0.1, 0.15) is 10.4 Å². The van der Waals surface area contributed by atoms with Crippen LogP contribution in [-0.4, -0.2) is 51.7 Å². The molecule has 1 rings (SSSR count). The number of hydrogen-bond acceptors (Lipinski definition) is 5. The SMILES string of the molecule is COC(=O)c1ccc(OC)cc1OCC(=O)N(C)C. The predicted molar refractivity (Wildman–Crippen MR) is 68.5 cm³/mol. The zero-order chi connectivity index (χ0) is 14.4. The van der Waals surface area contributed by atoms with Gasteiger partial charge in [0, 0.05) is 20.2 Å². The van der Waals surface area contributed by atoms with Gasteiger partial charge in [-0.25, -0.2) is 4.79 Å². The molecular weight excluding hydrogens is 250 g/mol. The Morgan fingerprint density at radius 1 is 1.21 bits per heavy atom. The fraction of sp³-hybridized carbons (Fsp3) is 0.385. The van der Waals surface area contributed by atoms with Crippen molar-refractivity contribution in [1.82, 2.24) is 4.90 Å². The maximum Gasteiger partial charge on any atom is 0.341 e. The minimum atomic E-state index is -0.532. The highest BCUT2D eigenvalue weighted by molar-refractivity contribution is 5.92. The summed E-state index contributed by atoms with van der Waals surface area (Å²) in [5.74, 6) is 0.0370. The van der Waals surface area contributed by atoms with Crippen LogP contribution in [0.3, 0.4) is 0 Å². The van der Waals surface area contributed by atoms with Crippen LogP contribution in [0.15, 0.2) is 18.2 Å². The molecule has 0 atom stereocenters. The van der Waals surface area contributed by atoms with Gasteiger partial charge in [0.05, 0.1) is 14.2 Å². The molecule has 0 aliphatic heterocycles. The number of esters is 1. The second-order valence-corrected chi connectivity index (χ2v) is 3.93. The summed E-state index contributed by atoms with van der Waals surface area (Å²) < 4.78 is 15.1. The first-order valence-electron chi connectivity index (χ1n) is 5.59. The van der Waals surface area contributed by atoms with Crippen molar-refractivity contribution in [2.75, 3.05) is 34.9 Å². The lowest BCUT2D eigenvalue weighted by Crippen LogP contribution is -2.27. The molecule has 19 heavy (non-hydrogen) atoms. The van der Waals surface area contributed by atoms with Crippen LogP contribution in [0.4, 0.5) is 0 Å². The third-order valence-electron chi connectivity index (χ3n) is 2.44. The van der Waals surface area contributed by atoms with Crippen LogP contribution in [0, 0.1) is 0 Å². The lowest BCUT2D eigenvalue weighted by molar-refractivity contribution is -0.130. The second kappa shape index (κ2) is 6.63. The van der Waals surface area contributed by atoms with Gasteiger partial charge in [-0.05, 0) is 12.1 Å². The molecule has 0 aliphatic carbocycles. The Morgan fingerprint density at radius 2 is 1.89 bits per heavy atom. The van der Waals surface area contributed by atoms with E-state index in [9.17, 15) is 9.59 Å². The minimum absolute atomic E-state index is 0.163. The quantitative estimate of drug-likeness (QED) is 0.743. The normalized spacial score (nSPS) is 9.68. The first-order valence-corrected chi connectivity index (χ1v) is 5.59. The van der Waals surface area contributed by atoms with E-state index in [-0.39, 0.29) is 23.8 Å². The molecule has 0 radical (unpaired) electrons. The van der Waals surface area contributed by atoms with Crippen molar-refractivity contribution in [3.8, 4) is 11.5 Å². The van der Waals surface area contributed by atoms with E-state index in [4.69, 9.17) is 9.47 Å². The van der Waals surface area contributed by atoms with E-state index >= 15 is 0 Å². The molecule has 1 aromatic carbocycles. The van der Waals surface area contributed by atoms with Crippen molar-refractivity contribution in [3.63, 3.8) is 0 Å². The molecule has 104 valence electrons. The largest absolute Gasteiger partial charge is 0.497 e. The summed E-state index contributed by atoms with van der Waals surface area (Å²) in [6.45, 7) is -0.163. The molecule has 1 aromatic rings. The Morgan fingerprint density at radius 3 is 2.42 bits per heavy atom. The molecule has 0 spiro atoms. The molecule has 1 amide bonds. The van der Waals surface area contributed by atoms with Gasteiger partial charge in [-0.2, -0.15) is 0 Å². The van der Waals surface area contributed by atoms with E-state index in [1.54, 1.807) is 20.2 Å². The Labute approximate surface area is 111 Å². The maximum absolute atomic E-state index is 11.6. The molecule has 0 bridgehead atoms. The number of amides is 1. The van der Waals surface area contributed by atoms with E-state index in [1.807, 2.05) is 0 Å². The number of benzene rings is 1. The summed E-state index contributed by atoms with van der Waals surface area (Å²) in [5.41, 5.74) is 0.245. The third-order valence-corrected chi connectivity index (χ3v) is 2.44. The first kappa shape index (κ1) is 14.8. The number of carbonyl (C=O) groups is 2. The van der Waals surface area contributed by atoms with Gasteiger partial charge < -0.3 is 19.1 Å². The predicted octanol–water partition coefficient (Wildman–Crippen LogP) is 0.949. The standard InChI is InChI=1S/C13H17NO5/c1-14(2)12(15)8-19-11-7-9(17-3)5-6-10(11)13(16)18-4/h5-7H,8H2,1-4H3. The van der Waals surface area contributed by atoms with Crippen LogP contribution in [0.25, 0.3) is 0 Å². The molecule has 0 aliphatic rings. The molecule has 0 N–H and O–H groups in total. The Hall–Kier alpha value is -2.24. The van der Waals surface area contributed by atoms with Gasteiger partial charge in [-0.1, -0.05) is 0 Å². The topological polar surface area (TPSA) is 65.1 Å². The molecule has 6 heteroatoms. The molecule has 0 aromatic heterocycles. The van der Waals surface area contributed by atoms with Crippen molar-refractivity contribution >= 4 is 11.9 Å². The Bertz CT molecular complexity index is 470. The van der Waals surface area contributed by atoms with Gasteiger partial charge >= 0.3 is 5.97 Å². The molecule has 0 unspecified atom stereocenters. The van der Waals surface area contributed by atoms with Crippen molar-refractivity contribution < 1.29 is 23.8 Å². The number of ether oxygens (including phenoxy) is 3. The summed E-state index contributed by atoms with van der Waals surface area (Å²) in [6.07, 6.45) is 0. The van der Waals surface area contributed by atoms with Crippen LogP contribution < -0.4 is 9.47 Å². The van der Waals surface area contributed by atoms with Crippen molar-refractivity contribution in [2.45, 2.75) is 0 Å². The lowest BCUT2D eigenvalue weighted by Gasteiger charge is -2.14. The smallest absolute Gasteiger partial charge is 0.341 e. The molecular formula is C13H17NO5.